The predicted octanol–water partition coefficient (Wildman–Crippen LogP) is 3.24. The van der Waals surface area contributed by atoms with Crippen molar-refractivity contribution in [3.05, 3.63) is 64.7 Å². The summed E-state index contributed by atoms with van der Waals surface area (Å²) in [5.41, 5.74) is 11.5. The smallest absolute Gasteiger partial charge is 0.251 e. The minimum absolute atomic E-state index is 0.0691. The van der Waals surface area contributed by atoms with Crippen molar-refractivity contribution in [1.29, 1.82) is 0 Å². The van der Waals surface area contributed by atoms with Gasteiger partial charge in [0, 0.05) is 17.8 Å². The van der Waals surface area contributed by atoms with Crippen LogP contribution in [0.1, 0.15) is 46.8 Å². The van der Waals surface area contributed by atoms with E-state index in [9.17, 15) is 4.79 Å². The van der Waals surface area contributed by atoms with Crippen LogP contribution in [0.2, 0.25) is 0 Å². The molecule has 0 saturated carbocycles. The number of aryl methyl sites for hydroxylation is 1. The fraction of sp³-hybridized carbons (Fsp3) is 0.333. The molecule has 0 unspecified atom stereocenters. The molecule has 1 amide bonds. The second-order valence-corrected chi connectivity index (χ2v) is 6.54. The predicted molar refractivity (Wildman–Crippen MR) is 106 cm³/mol. The van der Waals surface area contributed by atoms with Crippen LogP contribution in [0.4, 0.5) is 5.69 Å². The molecular formula is C21H26N4O. The number of rotatable bonds is 5. The molecule has 26 heavy (non-hydrogen) atoms. The van der Waals surface area contributed by atoms with Gasteiger partial charge in [-0.3, -0.25) is 4.79 Å². The first-order valence-corrected chi connectivity index (χ1v) is 9.22. The monoisotopic (exact) mass is 350 g/mol. The quantitative estimate of drug-likeness (QED) is 0.572. The molecule has 2 aromatic rings. The summed E-state index contributed by atoms with van der Waals surface area (Å²) in [5.74, 6) is 0.327. The first-order chi connectivity index (χ1) is 12.7. The number of amides is 1. The topological polar surface area (TPSA) is 79.5 Å². The van der Waals surface area contributed by atoms with Crippen molar-refractivity contribution in [2.24, 2.45) is 10.7 Å². The van der Waals surface area contributed by atoms with Gasteiger partial charge in [-0.25, -0.2) is 4.99 Å². The molecule has 0 radical (unpaired) electrons. The number of anilines is 1. The van der Waals surface area contributed by atoms with Crippen LogP contribution in [0.3, 0.4) is 0 Å². The normalized spacial score (nSPS) is 13.8. The van der Waals surface area contributed by atoms with E-state index in [2.05, 4.69) is 33.8 Å². The fourth-order valence-electron chi connectivity index (χ4n) is 3.33. The highest BCUT2D eigenvalue weighted by Gasteiger charge is 2.13. The third-order valence-corrected chi connectivity index (χ3v) is 4.62. The van der Waals surface area contributed by atoms with Gasteiger partial charge in [0.05, 0.1) is 6.54 Å². The van der Waals surface area contributed by atoms with Crippen LogP contribution < -0.4 is 16.4 Å². The minimum atomic E-state index is -0.0691. The van der Waals surface area contributed by atoms with Crippen molar-refractivity contribution in [2.75, 3.05) is 11.9 Å². The summed E-state index contributed by atoms with van der Waals surface area (Å²) >= 11 is 0. The molecule has 0 bridgehead atoms. The zero-order chi connectivity index (χ0) is 18.4. The fourth-order valence-corrected chi connectivity index (χ4v) is 3.33. The summed E-state index contributed by atoms with van der Waals surface area (Å²) in [5, 5.41) is 6.05. The molecule has 0 atom stereocenters. The lowest BCUT2D eigenvalue weighted by molar-refractivity contribution is 0.0955. The lowest BCUT2D eigenvalue weighted by atomic mass is 9.90. The van der Waals surface area contributed by atoms with E-state index in [4.69, 9.17) is 5.73 Å². The lowest BCUT2D eigenvalue weighted by Crippen LogP contribution is -2.24. The SMILES string of the molecule is CCNC(=O)c1cccc(CN=C(N)Nc2cccc3c2CCCC3)c1. The minimum Gasteiger partial charge on any atom is -0.370 e. The number of nitrogens with zero attached hydrogens (tertiary/aromatic N) is 1. The molecule has 5 heteroatoms. The standard InChI is InChI=1S/C21H26N4O/c1-2-23-20(26)17-10-5-7-15(13-17)14-24-21(22)25-19-12-6-9-16-8-3-4-11-18(16)19/h5-7,9-10,12-13H,2-4,8,11,14H2,1H3,(H,23,26)(H3,22,24,25). The number of fused-ring (bicyclic) bond motifs is 1. The van der Waals surface area contributed by atoms with Gasteiger partial charge in [-0.2, -0.15) is 0 Å². The summed E-state index contributed by atoms with van der Waals surface area (Å²) in [6.07, 6.45) is 4.69. The first kappa shape index (κ1) is 18.0. The molecule has 0 aromatic heterocycles. The first-order valence-electron chi connectivity index (χ1n) is 9.22. The number of benzene rings is 2. The van der Waals surface area contributed by atoms with Crippen LogP contribution in [0.25, 0.3) is 0 Å². The Balaban J connectivity index is 1.68. The van der Waals surface area contributed by atoms with E-state index < -0.39 is 0 Å². The molecule has 0 aliphatic heterocycles. The largest absolute Gasteiger partial charge is 0.370 e. The van der Waals surface area contributed by atoms with Crippen LogP contribution in [0, 0.1) is 0 Å². The molecule has 1 aliphatic rings. The van der Waals surface area contributed by atoms with Crippen LogP contribution in [-0.2, 0) is 19.4 Å². The number of aliphatic imine (C=N–C) groups is 1. The van der Waals surface area contributed by atoms with Gasteiger partial charge in [0.2, 0.25) is 0 Å². The second-order valence-electron chi connectivity index (χ2n) is 6.54. The number of nitrogens with one attached hydrogen (secondary N) is 2. The van der Waals surface area contributed by atoms with E-state index >= 15 is 0 Å². The Bertz CT molecular complexity index is 813. The van der Waals surface area contributed by atoms with Gasteiger partial charge in [-0.15, -0.1) is 0 Å². The number of hydrogen-bond acceptors (Lipinski definition) is 2. The molecule has 136 valence electrons. The molecule has 1 aliphatic carbocycles. The van der Waals surface area contributed by atoms with Gasteiger partial charge in [0.15, 0.2) is 5.96 Å². The second kappa shape index (κ2) is 8.52. The highest BCUT2D eigenvalue weighted by atomic mass is 16.1. The molecule has 0 fully saturated rings. The van der Waals surface area contributed by atoms with Crippen molar-refractivity contribution in [3.63, 3.8) is 0 Å². The van der Waals surface area contributed by atoms with E-state index in [1.54, 1.807) is 6.07 Å². The maximum absolute atomic E-state index is 11.9. The van der Waals surface area contributed by atoms with E-state index in [0.717, 1.165) is 24.1 Å². The van der Waals surface area contributed by atoms with Crippen molar-refractivity contribution < 1.29 is 4.79 Å². The summed E-state index contributed by atoms with van der Waals surface area (Å²) in [6, 6.07) is 13.8. The molecule has 3 rings (SSSR count). The average Bonchev–Trinajstić information content (AvgIpc) is 2.67. The molecular weight excluding hydrogens is 324 g/mol. The molecule has 2 aromatic carbocycles. The molecule has 0 saturated heterocycles. The Morgan fingerprint density at radius 1 is 1.15 bits per heavy atom. The molecule has 5 nitrogen and oxygen atoms in total. The Labute approximate surface area is 154 Å². The van der Waals surface area contributed by atoms with Gasteiger partial charge in [0.1, 0.15) is 0 Å². The van der Waals surface area contributed by atoms with Crippen LogP contribution in [0.5, 0.6) is 0 Å². The number of hydrogen-bond donors (Lipinski definition) is 3. The maximum atomic E-state index is 11.9. The highest BCUT2D eigenvalue weighted by Crippen LogP contribution is 2.27. The van der Waals surface area contributed by atoms with Gasteiger partial charge in [-0.1, -0.05) is 24.3 Å². The average molecular weight is 350 g/mol. The number of carbonyl (C=O) groups is 1. The Hall–Kier alpha value is -2.82. The van der Waals surface area contributed by atoms with Gasteiger partial charge in [0.25, 0.3) is 5.91 Å². The molecule has 0 spiro atoms. The Kier molecular flexibility index (Phi) is 5.89. The van der Waals surface area contributed by atoms with Crippen molar-refractivity contribution in [3.8, 4) is 0 Å². The van der Waals surface area contributed by atoms with E-state index in [-0.39, 0.29) is 5.91 Å². The van der Waals surface area contributed by atoms with E-state index in [1.807, 2.05) is 25.1 Å². The highest BCUT2D eigenvalue weighted by molar-refractivity contribution is 5.94. The van der Waals surface area contributed by atoms with Crippen LogP contribution in [-0.4, -0.2) is 18.4 Å². The Morgan fingerprint density at radius 3 is 2.81 bits per heavy atom. The Morgan fingerprint density at radius 2 is 1.96 bits per heavy atom. The summed E-state index contributed by atoms with van der Waals surface area (Å²) in [4.78, 5) is 16.4. The van der Waals surface area contributed by atoms with Crippen LogP contribution in [0.15, 0.2) is 47.5 Å². The summed E-state index contributed by atoms with van der Waals surface area (Å²) in [6.45, 7) is 2.95. The third-order valence-electron chi connectivity index (χ3n) is 4.62. The maximum Gasteiger partial charge on any atom is 0.251 e. The van der Waals surface area contributed by atoms with Gasteiger partial charge < -0.3 is 16.4 Å². The zero-order valence-corrected chi connectivity index (χ0v) is 15.2. The third kappa shape index (κ3) is 4.42. The van der Waals surface area contributed by atoms with E-state index in [0.29, 0.717) is 24.6 Å². The zero-order valence-electron chi connectivity index (χ0n) is 15.2. The number of nitrogens with two attached hydrogens (primary N) is 1. The number of carbonyl (C=O) groups excluding carboxylic acids is 1. The van der Waals surface area contributed by atoms with E-state index in [1.165, 1.54) is 24.0 Å². The summed E-state index contributed by atoms with van der Waals surface area (Å²) in [7, 11) is 0. The summed E-state index contributed by atoms with van der Waals surface area (Å²) < 4.78 is 0. The molecule has 0 heterocycles. The van der Waals surface area contributed by atoms with Crippen molar-refractivity contribution >= 4 is 17.6 Å². The van der Waals surface area contributed by atoms with Crippen LogP contribution >= 0.6 is 0 Å². The van der Waals surface area contributed by atoms with Gasteiger partial charge in [-0.05, 0) is 67.5 Å². The lowest BCUT2D eigenvalue weighted by Gasteiger charge is -2.19. The number of guanidine groups is 1. The van der Waals surface area contributed by atoms with Crippen molar-refractivity contribution in [2.45, 2.75) is 39.2 Å². The molecule has 4 N–H and O–H groups in total. The van der Waals surface area contributed by atoms with Gasteiger partial charge >= 0.3 is 0 Å². The van der Waals surface area contributed by atoms with Crippen molar-refractivity contribution in [1.82, 2.24) is 5.32 Å².